The van der Waals surface area contributed by atoms with Crippen LogP contribution in [0.25, 0.3) is 0 Å². The van der Waals surface area contributed by atoms with Crippen molar-refractivity contribution in [2.24, 2.45) is 10.9 Å². The van der Waals surface area contributed by atoms with Gasteiger partial charge in [0, 0.05) is 52.6 Å². The highest BCUT2D eigenvalue weighted by molar-refractivity contribution is 7.89. The summed E-state index contributed by atoms with van der Waals surface area (Å²) in [7, 11) is -3.36. The zero-order chi connectivity index (χ0) is 21.5. The van der Waals surface area contributed by atoms with Gasteiger partial charge in [-0.2, -0.15) is 0 Å². The molecule has 2 rings (SSSR count). The lowest BCUT2D eigenvalue weighted by Gasteiger charge is -2.21. The molecular formula is C21H36N4O4S. The van der Waals surface area contributed by atoms with Crippen molar-refractivity contribution in [3.63, 3.8) is 0 Å². The third-order valence-electron chi connectivity index (χ3n) is 4.76. The fraction of sp³-hybridized carbons (Fsp3) is 0.667. The van der Waals surface area contributed by atoms with Crippen molar-refractivity contribution in [1.29, 1.82) is 0 Å². The van der Waals surface area contributed by atoms with Crippen LogP contribution >= 0.6 is 0 Å². The SMILES string of the molecule is CCNC(=NCCCOCC1CCOCC1)NCCS(=O)(=O)NCc1ccccc1. The summed E-state index contributed by atoms with van der Waals surface area (Å²) in [5.74, 6) is 1.22. The Balaban J connectivity index is 1.61. The molecule has 30 heavy (non-hydrogen) atoms. The number of ether oxygens (including phenoxy) is 2. The van der Waals surface area contributed by atoms with E-state index in [1.165, 1.54) is 0 Å². The monoisotopic (exact) mass is 440 g/mol. The molecular weight excluding hydrogens is 404 g/mol. The molecule has 1 aromatic carbocycles. The minimum absolute atomic E-state index is 0.0154. The molecule has 0 saturated carbocycles. The molecule has 9 heteroatoms. The Labute approximate surface area is 180 Å². The Morgan fingerprint density at radius 1 is 1.20 bits per heavy atom. The first-order valence-electron chi connectivity index (χ1n) is 10.8. The molecule has 0 amide bonds. The Morgan fingerprint density at radius 3 is 2.70 bits per heavy atom. The minimum atomic E-state index is -3.36. The molecule has 1 aliphatic heterocycles. The van der Waals surface area contributed by atoms with E-state index < -0.39 is 10.0 Å². The van der Waals surface area contributed by atoms with Gasteiger partial charge in [-0.3, -0.25) is 4.99 Å². The van der Waals surface area contributed by atoms with Crippen molar-refractivity contribution in [2.75, 3.05) is 51.8 Å². The fourth-order valence-corrected chi connectivity index (χ4v) is 3.93. The van der Waals surface area contributed by atoms with E-state index in [-0.39, 0.29) is 12.3 Å². The summed E-state index contributed by atoms with van der Waals surface area (Å²) in [4.78, 5) is 4.49. The minimum Gasteiger partial charge on any atom is -0.381 e. The van der Waals surface area contributed by atoms with Crippen molar-refractivity contribution < 1.29 is 17.9 Å². The van der Waals surface area contributed by atoms with Gasteiger partial charge in [0.25, 0.3) is 0 Å². The fourth-order valence-electron chi connectivity index (χ4n) is 3.03. The summed E-state index contributed by atoms with van der Waals surface area (Å²) in [6, 6.07) is 9.47. The van der Waals surface area contributed by atoms with Gasteiger partial charge in [0.15, 0.2) is 5.96 Å². The number of sulfonamides is 1. The normalized spacial score (nSPS) is 15.8. The van der Waals surface area contributed by atoms with Gasteiger partial charge in [-0.15, -0.1) is 0 Å². The summed E-state index contributed by atoms with van der Waals surface area (Å²) in [5.41, 5.74) is 0.933. The second-order valence-corrected chi connectivity index (χ2v) is 9.22. The largest absolute Gasteiger partial charge is 0.381 e. The van der Waals surface area contributed by atoms with Gasteiger partial charge < -0.3 is 20.1 Å². The van der Waals surface area contributed by atoms with Crippen LogP contribution in [0.3, 0.4) is 0 Å². The van der Waals surface area contributed by atoms with Crippen LogP contribution < -0.4 is 15.4 Å². The standard InChI is InChI=1S/C21H36N4O4S/c1-2-22-21(23-11-6-13-29-18-20-9-14-28-15-10-20)24-12-16-30(26,27)25-17-19-7-4-3-5-8-19/h3-5,7-8,20,25H,2,6,9-18H2,1H3,(H2,22,23,24). The van der Waals surface area contributed by atoms with Crippen LogP contribution in [0.2, 0.25) is 0 Å². The third-order valence-corrected chi connectivity index (χ3v) is 6.08. The molecule has 0 atom stereocenters. The van der Waals surface area contributed by atoms with Crippen molar-refractivity contribution in [2.45, 2.75) is 32.7 Å². The molecule has 1 heterocycles. The molecule has 170 valence electrons. The average molecular weight is 441 g/mol. The van der Waals surface area contributed by atoms with Crippen LogP contribution in [0, 0.1) is 5.92 Å². The van der Waals surface area contributed by atoms with Gasteiger partial charge in [0.2, 0.25) is 10.0 Å². The highest BCUT2D eigenvalue weighted by atomic mass is 32.2. The number of rotatable bonds is 13. The molecule has 1 saturated heterocycles. The van der Waals surface area contributed by atoms with E-state index in [1.54, 1.807) is 0 Å². The Morgan fingerprint density at radius 2 is 1.97 bits per heavy atom. The van der Waals surface area contributed by atoms with Gasteiger partial charge in [-0.1, -0.05) is 30.3 Å². The highest BCUT2D eigenvalue weighted by Crippen LogP contribution is 2.14. The maximum atomic E-state index is 12.2. The van der Waals surface area contributed by atoms with E-state index in [0.29, 0.717) is 38.1 Å². The van der Waals surface area contributed by atoms with E-state index in [2.05, 4.69) is 20.3 Å². The molecule has 0 spiro atoms. The van der Waals surface area contributed by atoms with Gasteiger partial charge in [-0.05, 0) is 37.7 Å². The van der Waals surface area contributed by atoms with Crippen LogP contribution in [0.4, 0.5) is 0 Å². The molecule has 1 aromatic rings. The number of nitrogens with one attached hydrogen (secondary N) is 3. The summed E-state index contributed by atoms with van der Waals surface area (Å²) >= 11 is 0. The molecule has 1 fully saturated rings. The van der Waals surface area contributed by atoms with Crippen LogP contribution in [0.5, 0.6) is 0 Å². The molecule has 3 N–H and O–H groups in total. The third kappa shape index (κ3) is 10.9. The maximum absolute atomic E-state index is 12.2. The predicted octanol–water partition coefficient (Wildman–Crippen LogP) is 1.49. The number of aliphatic imine (C=N–C) groups is 1. The van der Waals surface area contributed by atoms with Gasteiger partial charge in [0.1, 0.15) is 0 Å². The first kappa shape index (κ1) is 24.6. The van der Waals surface area contributed by atoms with E-state index in [1.807, 2.05) is 37.3 Å². The zero-order valence-electron chi connectivity index (χ0n) is 17.9. The molecule has 0 unspecified atom stereocenters. The first-order valence-corrected chi connectivity index (χ1v) is 12.4. The van der Waals surface area contributed by atoms with Gasteiger partial charge >= 0.3 is 0 Å². The Hall–Kier alpha value is -1.68. The van der Waals surface area contributed by atoms with E-state index in [0.717, 1.165) is 44.6 Å². The van der Waals surface area contributed by atoms with Gasteiger partial charge in [0.05, 0.1) is 5.75 Å². The second-order valence-electron chi connectivity index (χ2n) is 7.30. The lowest BCUT2D eigenvalue weighted by Crippen LogP contribution is -2.41. The van der Waals surface area contributed by atoms with E-state index >= 15 is 0 Å². The summed E-state index contributed by atoms with van der Waals surface area (Å²) < 4.78 is 38.1. The number of hydrogen-bond acceptors (Lipinski definition) is 5. The van der Waals surface area contributed by atoms with Crippen LogP contribution in [0.1, 0.15) is 31.7 Å². The van der Waals surface area contributed by atoms with Crippen molar-refractivity contribution >= 4 is 16.0 Å². The summed E-state index contributed by atoms with van der Waals surface area (Å²) in [5, 5.41) is 6.22. The quantitative estimate of drug-likeness (QED) is 0.244. The predicted molar refractivity (Wildman–Crippen MR) is 120 cm³/mol. The lowest BCUT2D eigenvalue weighted by molar-refractivity contribution is 0.0205. The number of hydrogen-bond donors (Lipinski definition) is 3. The molecule has 1 aliphatic rings. The van der Waals surface area contributed by atoms with Crippen LogP contribution in [0.15, 0.2) is 35.3 Å². The van der Waals surface area contributed by atoms with Crippen LogP contribution in [-0.4, -0.2) is 66.2 Å². The first-order chi connectivity index (χ1) is 14.6. The van der Waals surface area contributed by atoms with Crippen LogP contribution in [-0.2, 0) is 26.0 Å². The smallest absolute Gasteiger partial charge is 0.213 e. The average Bonchev–Trinajstić information content (AvgIpc) is 2.76. The van der Waals surface area contributed by atoms with Crippen molar-refractivity contribution in [1.82, 2.24) is 15.4 Å². The molecule has 8 nitrogen and oxygen atoms in total. The zero-order valence-corrected chi connectivity index (χ0v) is 18.8. The summed E-state index contributed by atoms with van der Waals surface area (Å²) in [6.45, 7) is 7.05. The van der Waals surface area contributed by atoms with Crippen molar-refractivity contribution in [3.8, 4) is 0 Å². The molecule has 0 bridgehead atoms. The van der Waals surface area contributed by atoms with Crippen molar-refractivity contribution in [3.05, 3.63) is 35.9 Å². The summed E-state index contributed by atoms with van der Waals surface area (Å²) in [6.07, 6.45) is 2.99. The highest BCUT2D eigenvalue weighted by Gasteiger charge is 2.13. The van der Waals surface area contributed by atoms with E-state index in [4.69, 9.17) is 9.47 Å². The number of guanidine groups is 1. The second kappa shape index (κ2) is 14.3. The topological polar surface area (TPSA) is 101 Å². The molecule has 0 aromatic heterocycles. The number of nitrogens with zero attached hydrogens (tertiary/aromatic N) is 1. The Bertz CT molecular complexity index is 707. The molecule has 0 radical (unpaired) electrons. The molecule has 0 aliphatic carbocycles. The van der Waals surface area contributed by atoms with E-state index in [9.17, 15) is 8.42 Å². The Kier molecular flexibility index (Phi) is 11.8. The maximum Gasteiger partial charge on any atom is 0.213 e. The van der Waals surface area contributed by atoms with Gasteiger partial charge in [-0.25, -0.2) is 13.1 Å². The lowest BCUT2D eigenvalue weighted by atomic mass is 10.0. The number of benzene rings is 1.